The maximum absolute atomic E-state index is 13.3. The van der Waals surface area contributed by atoms with E-state index in [1.165, 1.54) is 6.92 Å². The molecule has 0 radical (unpaired) electrons. The number of likely N-dealkylation sites (tertiary alicyclic amines) is 1. The summed E-state index contributed by atoms with van der Waals surface area (Å²) < 4.78 is 5.44. The topological polar surface area (TPSA) is 68.6 Å². The highest BCUT2D eigenvalue weighted by molar-refractivity contribution is 5.92. The number of esters is 1. The molecule has 5 nitrogen and oxygen atoms in total. The molecule has 5 heteroatoms. The van der Waals surface area contributed by atoms with Gasteiger partial charge in [0.05, 0.1) is 6.04 Å². The van der Waals surface area contributed by atoms with Gasteiger partial charge >= 0.3 is 5.97 Å². The van der Waals surface area contributed by atoms with Crippen LogP contribution in [0.1, 0.15) is 35.7 Å². The van der Waals surface area contributed by atoms with Crippen molar-refractivity contribution in [2.45, 2.75) is 30.8 Å². The van der Waals surface area contributed by atoms with Gasteiger partial charge in [0.1, 0.15) is 11.7 Å². The van der Waals surface area contributed by atoms with Crippen LogP contribution in [0, 0.1) is 0 Å². The fourth-order valence-electron chi connectivity index (χ4n) is 4.56. The van der Waals surface area contributed by atoms with Crippen molar-refractivity contribution in [2.24, 2.45) is 0 Å². The first-order valence-corrected chi connectivity index (χ1v) is 10.1. The van der Waals surface area contributed by atoms with Crippen molar-refractivity contribution in [3.8, 4) is 0 Å². The van der Waals surface area contributed by atoms with E-state index in [-0.39, 0.29) is 18.0 Å². The molecule has 30 heavy (non-hydrogen) atoms. The Bertz CT molecular complexity index is 1070. The van der Waals surface area contributed by atoms with Crippen molar-refractivity contribution in [3.63, 3.8) is 0 Å². The molecule has 2 aliphatic heterocycles. The molecule has 1 N–H and O–H groups in total. The van der Waals surface area contributed by atoms with Gasteiger partial charge in [-0.25, -0.2) is 0 Å². The van der Waals surface area contributed by atoms with Crippen LogP contribution in [0.3, 0.4) is 0 Å². The van der Waals surface area contributed by atoms with Crippen LogP contribution in [0.2, 0.25) is 0 Å². The summed E-state index contributed by atoms with van der Waals surface area (Å²) in [5.74, 6) is -0.639. The largest absolute Gasteiger partial charge is 0.450 e. The fourth-order valence-corrected chi connectivity index (χ4v) is 4.56. The third kappa shape index (κ3) is 2.82. The van der Waals surface area contributed by atoms with Crippen LogP contribution in [0.15, 0.2) is 91.0 Å². The van der Waals surface area contributed by atoms with Gasteiger partial charge in [0.15, 0.2) is 0 Å². The smallest absolute Gasteiger partial charge is 0.303 e. The van der Waals surface area contributed by atoms with E-state index in [0.717, 1.165) is 16.7 Å². The third-order valence-corrected chi connectivity index (χ3v) is 5.91. The number of β-lactam (4-membered cyclic amide) rings is 1. The SMILES string of the molecule is CC(=O)OC1C(=O)N([C@@]2(c3ccccc3)N[C@H]2c2ccccc2)C1c1ccccc1. The summed E-state index contributed by atoms with van der Waals surface area (Å²) in [6.45, 7) is 1.34. The molecule has 2 unspecified atom stereocenters. The lowest BCUT2D eigenvalue weighted by atomic mass is 9.84. The van der Waals surface area contributed by atoms with Gasteiger partial charge in [-0.3, -0.25) is 14.9 Å². The summed E-state index contributed by atoms with van der Waals surface area (Å²) in [6.07, 6.45) is -0.815. The maximum atomic E-state index is 13.3. The molecule has 0 spiro atoms. The number of benzene rings is 3. The normalized spacial score (nSPS) is 27.3. The number of nitrogens with one attached hydrogen (secondary N) is 1. The average Bonchev–Trinajstić information content (AvgIpc) is 3.53. The van der Waals surface area contributed by atoms with Crippen LogP contribution in [0.25, 0.3) is 0 Å². The monoisotopic (exact) mass is 398 g/mol. The van der Waals surface area contributed by atoms with E-state index < -0.39 is 17.7 Å². The molecule has 2 heterocycles. The summed E-state index contributed by atoms with van der Waals surface area (Å²) in [6, 6.07) is 29.4. The van der Waals surface area contributed by atoms with Crippen LogP contribution in [-0.2, 0) is 20.0 Å². The second kappa shape index (κ2) is 7.11. The minimum atomic E-state index is -0.815. The number of ether oxygens (including phenoxy) is 1. The third-order valence-electron chi connectivity index (χ3n) is 5.91. The lowest BCUT2D eigenvalue weighted by Gasteiger charge is -2.50. The van der Waals surface area contributed by atoms with Gasteiger partial charge in [-0.2, -0.15) is 0 Å². The Morgan fingerprint density at radius 3 is 1.97 bits per heavy atom. The second-order valence-corrected chi connectivity index (χ2v) is 7.71. The molecule has 0 aromatic heterocycles. The Morgan fingerprint density at radius 2 is 1.40 bits per heavy atom. The molecule has 3 aromatic rings. The lowest BCUT2D eigenvalue weighted by molar-refractivity contribution is -0.190. The van der Waals surface area contributed by atoms with E-state index in [1.54, 1.807) is 0 Å². The van der Waals surface area contributed by atoms with Crippen LogP contribution in [0.4, 0.5) is 0 Å². The highest BCUT2D eigenvalue weighted by atomic mass is 16.6. The van der Waals surface area contributed by atoms with Crippen molar-refractivity contribution >= 4 is 11.9 Å². The van der Waals surface area contributed by atoms with Crippen molar-refractivity contribution in [2.75, 3.05) is 0 Å². The van der Waals surface area contributed by atoms with Crippen LogP contribution in [-0.4, -0.2) is 22.9 Å². The highest BCUT2D eigenvalue weighted by Gasteiger charge is 2.69. The van der Waals surface area contributed by atoms with Gasteiger partial charge in [0.2, 0.25) is 6.10 Å². The minimum Gasteiger partial charge on any atom is -0.450 e. The highest BCUT2D eigenvalue weighted by Crippen LogP contribution is 2.58. The molecular weight excluding hydrogens is 376 g/mol. The maximum Gasteiger partial charge on any atom is 0.303 e. The van der Waals surface area contributed by atoms with E-state index in [9.17, 15) is 9.59 Å². The zero-order valence-corrected chi connectivity index (χ0v) is 16.6. The Hall–Kier alpha value is -3.44. The van der Waals surface area contributed by atoms with E-state index >= 15 is 0 Å². The first kappa shape index (κ1) is 18.6. The zero-order valence-electron chi connectivity index (χ0n) is 16.6. The van der Waals surface area contributed by atoms with Crippen molar-refractivity contribution in [1.82, 2.24) is 10.2 Å². The van der Waals surface area contributed by atoms with Gasteiger partial charge < -0.3 is 9.64 Å². The van der Waals surface area contributed by atoms with Crippen LogP contribution in [0.5, 0.6) is 0 Å². The van der Waals surface area contributed by atoms with E-state index in [2.05, 4.69) is 17.4 Å². The number of carbonyl (C=O) groups excluding carboxylic acids is 2. The first-order valence-electron chi connectivity index (χ1n) is 10.1. The molecule has 2 aliphatic rings. The molecule has 4 atom stereocenters. The number of amides is 1. The molecule has 3 aromatic carbocycles. The molecular formula is C25H22N2O3. The Morgan fingerprint density at radius 1 is 0.867 bits per heavy atom. The van der Waals surface area contributed by atoms with Gasteiger partial charge in [0, 0.05) is 6.92 Å². The first-order chi connectivity index (χ1) is 14.6. The number of rotatable bonds is 5. The predicted molar refractivity (Wildman–Crippen MR) is 112 cm³/mol. The number of hydrogen-bond acceptors (Lipinski definition) is 4. The average molecular weight is 398 g/mol. The number of carbonyl (C=O) groups is 2. The zero-order chi connectivity index (χ0) is 20.7. The summed E-state index contributed by atoms with van der Waals surface area (Å²) in [7, 11) is 0. The summed E-state index contributed by atoms with van der Waals surface area (Å²) in [5, 5.41) is 3.59. The molecule has 0 saturated carbocycles. The Labute approximate surface area is 175 Å². The Balaban J connectivity index is 1.60. The number of nitrogens with zero attached hydrogens (tertiary/aromatic N) is 1. The molecule has 1 amide bonds. The van der Waals surface area contributed by atoms with Crippen molar-refractivity contribution in [3.05, 3.63) is 108 Å². The molecule has 0 aliphatic carbocycles. The summed E-state index contributed by atoms with van der Waals surface area (Å²) in [4.78, 5) is 26.9. The molecule has 0 bridgehead atoms. The number of hydrogen-bond donors (Lipinski definition) is 1. The lowest BCUT2D eigenvalue weighted by Crippen LogP contribution is -2.65. The van der Waals surface area contributed by atoms with Gasteiger partial charge in [0.25, 0.3) is 5.91 Å². The summed E-state index contributed by atoms with van der Waals surface area (Å²) >= 11 is 0. The summed E-state index contributed by atoms with van der Waals surface area (Å²) in [5.41, 5.74) is 2.38. The minimum absolute atomic E-state index is 0.0467. The van der Waals surface area contributed by atoms with Gasteiger partial charge in [-0.15, -0.1) is 0 Å². The van der Waals surface area contributed by atoms with Crippen LogP contribution >= 0.6 is 0 Å². The standard InChI is InChI=1S/C25H22N2O3/c1-17(28)30-22-21(18-11-5-2-6-12-18)27(24(22)29)25(20-15-9-4-10-16-20)23(26-25)19-13-7-3-8-14-19/h2-16,21-23,26H,1H3/t21?,22?,23-,25+/m0/s1. The van der Waals surface area contributed by atoms with Crippen molar-refractivity contribution < 1.29 is 14.3 Å². The predicted octanol–water partition coefficient (Wildman–Crippen LogP) is 3.70. The van der Waals surface area contributed by atoms with Gasteiger partial charge in [-0.1, -0.05) is 91.0 Å². The van der Waals surface area contributed by atoms with Crippen LogP contribution < -0.4 is 5.32 Å². The van der Waals surface area contributed by atoms with E-state index in [4.69, 9.17) is 4.74 Å². The fraction of sp³-hybridized carbons (Fsp3) is 0.200. The molecule has 150 valence electrons. The molecule has 5 rings (SSSR count). The van der Waals surface area contributed by atoms with Crippen molar-refractivity contribution in [1.29, 1.82) is 0 Å². The van der Waals surface area contributed by atoms with Gasteiger partial charge in [-0.05, 0) is 16.7 Å². The van der Waals surface area contributed by atoms with E-state index in [0.29, 0.717) is 0 Å². The van der Waals surface area contributed by atoms with E-state index in [1.807, 2.05) is 83.8 Å². The molecule has 2 saturated heterocycles. The second-order valence-electron chi connectivity index (χ2n) is 7.71. The Kier molecular flexibility index (Phi) is 4.40. The molecule has 2 fully saturated rings. The quantitative estimate of drug-likeness (QED) is 0.404.